The minimum absolute atomic E-state index is 0.296. The summed E-state index contributed by atoms with van der Waals surface area (Å²) in [7, 11) is 0. The Bertz CT molecular complexity index is 230. The summed E-state index contributed by atoms with van der Waals surface area (Å²) in [5.74, 6) is 0. The van der Waals surface area contributed by atoms with Crippen molar-refractivity contribution in [2.45, 2.75) is 0 Å². The molecular formula is C6H7NO2S. The van der Waals surface area contributed by atoms with Crippen LogP contribution < -0.4 is 5.32 Å². The number of hydrogen-bond acceptors (Lipinski definition) is 2. The van der Waals surface area contributed by atoms with Crippen LogP contribution in [0.4, 0.5) is 0 Å². The van der Waals surface area contributed by atoms with Gasteiger partial charge in [-0.05, 0) is 12.2 Å². The summed E-state index contributed by atoms with van der Waals surface area (Å²) in [5.41, 5.74) is 0. The predicted molar refractivity (Wildman–Crippen MR) is 40.3 cm³/mol. The third kappa shape index (κ3) is 1.82. The lowest BCUT2D eigenvalue weighted by Gasteiger charge is -1.97. The molecule has 0 spiro atoms. The summed E-state index contributed by atoms with van der Waals surface area (Å²) in [5, 5.41) is 2.95. The van der Waals surface area contributed by atoms with Crippen molar-refractivity contribution in [2.24, 2.45) is 0 Å². The van der Waals surface area contributed by atoms with E-state index in [2.05, 4.69) is 5.32 Å². The minimum atomic E-state index is -1.92. The largest absolute Gasteiger partial charge is 0.353 e. The molecule has 1 aliphatic rings. The van der Waals surface area contributed by atoms with Gasteiger partial charge in [0, 0.05) is 6.20 Å². The third-order valence-corrected chi connectivity index (χ3v) is 1.61. The van der Waals surface area contributed by atoms with Gasteiger partial charge in [-0.25, -0.2) is 4.21 Å². The number of nitrogens with one attached hydrogen (secondary N) is 1. The molecule has 0 bridgehead atoms. The highest BCUT2D eigenvalue weighted by molar-refractivity contribution is 7.83. The van der Waals surface area contributed by atoms with Crippen LogP contribution in [0, 0.1) is 0 Å². The summed E-state index contributed by atoms with van der Waals surface area (Å²) >= 11 is -1.92. The van der Waals surface area contributed by atoms with Crippen molar-refractivity contribution in [3.63, 3.8) is 0 Å². The average Bonchev–Trinajstić information content (AvgIpc) is 2.12. The lowest BCUT2D eigenvalue weighted by molar-refractivity contribution is 0.569. The topological polar surface area (TPSA) is 49.3 Å². The summed E-state index contributed by atoms with van der Waals surface area (Å²) in [6, 6.07) is 0. The Morgan fingerprint density at radius 3 is 2.90 bits per heavy atom. The second-order valence-electron chi connectivity index (χ2n) is 1.67. The van der Waals surface area contributed by atoms with Crippen molar-refractivity contribution < 1.29 is 8.76 Å². The van der Waals surface area contributed by atoms with Gasteiger partial charge < -0.3 is 9.87 Å². The van der Waals surface area contributed by atoms with Gasteiger partial charge in [0.1, 0.15) is 5.03 Å². The van der Waals surface area contributed by atoms with Gasteiger partial charge in [-0.3, -0.25) is 0 Å². The molecule has 3 nitrogen and oxygen atoms in total. The van der Waals surface area contributed by atoms with Crippen LogP contribution in [0.3, 0.4) is 0 Å². The summed E-state index contributed by atoms with van der Waals surface area (Å²) < 4.78 is 19.0. The van der Waals surface area contributed by atoms with E-state index in [1.165, 1.54) is 0 Å². The number of hydrogen-bond donors (Lipinski definition) is 2. The van der Waals surface area contributed by atoms with Crippen LogP contribution >= 0.6 is 0 Å². The molecule has 0 saturated heterocycles. The number of rotatable bonds is 1. The van der Waals surface area contributed by atoms with E-state index in [0.717, 1.165) is 0 Å². The highest BCUT2D eigenvalue weighted by Gasteiger charge is 1.99. The zero-order chi connectivity index (χ0) is 7.40. The van der Waals surface area contributed by atoms with Gasteiger partial charge in [-0.2, -0.15) is 0 Å². The Labute approximate surface area is 61.4 Å². The average molecular weight is 157 g/mol. The van der Waals surface area contributed by atoms with E-state index in [9.17, 15) is 4.21 Å². The molecule has 0 aliphatic carbocycles. The van der Waals surface area contributed by atoms with Crippen LogP contribution in [0.15, 0.2) is 35.5 Å². The molecule has 0 aromatic rings. The molecule has 0 fully saturated rings. The highest BCUT2D eigenvalue weighted by atomic mass is 32.2. The molecule has 1 atom stereocenters. The molecule has 0 saturated carbocycles. The molecular weight excluding hydrogens is 150 g/mol. The molecule has 10 heavy (non-hydrogen) atoms. The first-order valence-electron chi connectivity index (χ1n) is 2.71. The fourth-order valence-corrected chi connectivity index (χ4v) is 0.913. The third-order valence-electron chi connectivity index (χ3n) is 0.980. The van der Waals surface area contributed by atoms with Crippen molar-refractivity contribution in [2.75, 3.05) is 0 Å². The fourth-order valence-electron chi connectivity index (χ4n) is 0.550. The van der Waals surface area contributed by atoms with Gasteiger partial charge in [-0.1, -0.05) is 12.2 Å². The van der Waals surface area contributed by atoms with E-state index in [4.69, 9.17) is 4.55 Å². The normalized spacial score (nSPS) is 19.1. The SMILES string of the molecule is O=S(O)C1=CC=CC=CN1. The summed E-state index contributed by atoms with van der Waals surface area (Å²) in [6.07, 6.45) is 8.36. The Balaban J connectivity index is 2.78. The van der Waals surface area contributed by atoms with Crippen molar-refractivity contribution in [1.82, 2.24) is 5.32 Å². The van der Waals surface area contributed by atoms with Crippen molar-refractivity contribution in [1.29, 1.82) is 0 Å². The Kier molecular flexibility index (Phi) is 2.42. The van der Waals surface area contributed by atoms with Crippen LogP contribution in [0.25, 0.3) is 0 Å². The van der Waals surface area contributed by atoms with E-state index in [1.54, 1.807) is 30.5 Å². The van der Waals surface area contributed by atoms with E-state index in [0.29, 0.717) is 5.03 Å². The van der Waals surface area contributed by atoms with Crippen molar-refractivity contribution in [3.8, 4) is 0 Å². The molecule has 2 N–H and O–H groups in total. The van der Waals surface area contributed by atoms with Gasteiger partial charge in [0.2, 0.25) is 11.1 Å². The van der Waals surface area contributed by atoms with Crippen LogP contribution in [0.1, 0.15) is 0 Å². The summed E-state index contributed by atoms with van der Waals surface area (Å²) in [4.78, 5) is 0. The predicted octanol–water partition coefficient (Wildman–Crippen LogP) is 0.723. The molecule has 1 aliphatic heterocycles. The van der Waals surface area contributed by atoms with Crippen LogP contribution in [-0.2, 0) is 11.1 Å². The Morgan fingerprint density at radius 1 is 1.40 bits per heavy atom. The van der Waals surface area contributed by atoms with E-state index < -0.39 is 11.1 Å². The van der Waals surface area contributed by atoms with Gasteiger partial charge in [-0.15, -0.1) is 0 Å². The zero-order valence-corrected chi connectivity index (χ0v) is 5.97. The fraction of sp³-hybridized carbons (Fsp3) is 0. The maximum absolute atomic E-state index is 10.4. The maximum atomic E-state index is 10.4. The van der Waals surface area contributed by atoms with E-state index in [1.807, 2.05) is 0 Å². The zero-order valence-electron chi connectivity index (χ0n) is 5.15. The van der Waals surface area contributed by atoms with E-state index >= 15 is 0 Å². The smallest absolute Gasteiger partial charge is 0.203 e. The molecule has 0 aromatic carbocycles. The lowest BCUT2D eigenvalue weighted by atomic mass is 10.5. The molecule has 1 unspecified atom stereocenters. The lowest BCUT2D eigenvalue weighted by Crippen LogP contribution is -2.08. The van der Waals surface area contributed by atoms with Crippen LogP contribution in [-0.4, -0.2) is 8.76 Å². The first-order chi connectivity index (χ1) is 4.80. The molecule has 54 valence electrons. The second-order valence-corrected chi connectivity index (χ2v) is 2.61. The molecule has 1 rings (SSSR count). The van der Waals surface area contributed by atoms with Crippen LogP contribution in [0.5, 0.6) is 0 Å². The summed E-state index contributed by atoms with van der Waals surface area (Å²) in [6.45, 7) is 0. The quantitative estimate of drug-likeness (QED) is 0.551. The first kappa shape index (κ1) is 7.24. The molecule has 0 aromatic heterocycles. The molecule has 0 amide bonds. The maximum Gasteiger partial charge on any atom is 0.203 e. The van der Waals surface area contributed by atoms with Gasteiger partial charge in [0.25, 0.3) is 0 Å². The minimum Gasteiger partial charge on any atom is -0.353 e. The van der Waals surface area contributed by atoms with Crippen molar-refractivity contribution >= 4 is 11.1 Å². The van der Waals surface area contributed by atoms with Crippen LogP contribution in [0.2, 0.25) is 0 Å². The Hall–Kier alpha value is -0.870. The van der Waals surface area contributed by atoms with Crippen molar-refractivity contribution in [3.05, 3.63) is 35.5 Å². The molecule has 1 heterocycles. The van der Waals surface area contributed by atoms with E-state index in [-0.39, 0.29) is 0 Å². The van der Waals surface area contributed by atoms with Gasteiger partial charge in [0.05, 0.1) is 0 Å². The second kappa shape index (κ2) is 3.34. The highest BCUT2D eigenvalue weighted by Crippen LogP contribution is 1.97. The first-order valence-corrected chi connectivity index (χ1v) is 3.82. The molecule has 0 radical (unpaired) electrons. The Morgan fingerprint density at radius 2 is 2.20 bits per heavy atom. The monoisotopic (exact) mass is 157 g/mol. The molecule has 4 heteroatoms. The standard InChI is InChI=1S/C6H7NO2S/c8-10(9)6-4-2-1-3-5-7-6/h1-5,7H,(H,8,9). The number of allylic oxidation sites excluding steroid dienone is 4. The van der Waals surface area contributed by atoms with Gasteiger partial charge in [0.15, 0.2) is 0 Å². The van der Waals surface area contributed by atoms with Gasteiger partial charge >= 0.3 is 0 Å².